The van der Waals surface area contributed by atoms with Gasteiger partial charge >= 0.3 is 0 Å². The zero-order valence-corrected chi connectivity index (χ0v) is 8.82. The third kappa shape index (κ3) is 2.17. The van der Waals surface area contributed by atoms with Crippen LogP contribution in [0.1, 0.15) is 17.7 Å². The van der Waals surface area contributed by atoms with E-state index in [0.29, 0.717) is 0 Å². The Morgan fingerprint density at radius 3 is 2.64 bits per heavy atom. The van der Waals surface area contributed by atoms with E-state index in [4.69, 9.17) is 0 Å². The maximum absolute atomic E-state index is 12.9. The van der Waals surface area contributed by atoms with Crippen molar-refractivity contribution in [2.45, 2.75) is 11.8 Å². The number of rotatable bonds is 3. The van der Waals surface area contributed by atoms with Gasteiger partial charge in [-0.05, 0) is 11.6 Å². The van der Waals surface area contributed by atoms with Crippen molar-refractivity contribution in [2.24, 2.45) is 0 Å². The molecule has 0 N–H and O–H groups in total. The SMILES string of the molecule is COc1cc(CBr)c(C(F)F)nc1F. The highest BCUT2D eigenvalue weighted by molar-refractivity contribution is 9.08. The second-order valence-corrected chi connectivity index (χ2v) is 3.02. The van der Waals surface area contributed by atoms with Crippen LogP contribution in [-0.2, 0) is 5.33 Å². The van der Waals surface area contributed by atoms with Gasteiger partial charge in [-0.3, -0.25) is 0 Å². The smallest absolute Gasteiger partial charge is 0.280 e. The molecule has 0 saturated heterocycles. The van der Waals surface area contributed by atoms with Crippen molar-refractivity contribution < 1.29 is 17.9 Å². The van der Waals surface area contributed by atoms with Crippen LogP contribution in [0.3, 0.4) is 0 Å². The number of methoxy groups -OCH3 is 1. The number of hydrogen-bond donors (Lipinski definition) is 0. The Morgan fingerprint density at radius 1 is 1.57 bits per heavy atom. The molecular weight excluding hydrogens is 263 g/mol. The highest BCUT2D eigenvalue weighted by Crippen LogP contribution is 2.27. The average Bonchev–Trinajstić information content (AvgIpc) is 2.17. The molecule has 1 rings (SSSR count). The molecule has 2 nitrogen and oxygen atoms in total. The Morgan fingerprint density at radius 2 is 2.21 bits per heavy atom. The van der Waals surface area contributed by atoms with Crippen LogP contribution in [0.4, 0.5) is 13.2 Å². The standard InChI is InChI=1S/C8H7BrF3NO/c1-14-5-2-4(3-9)6(7(10)11)13-8(5)12/h2,7H,3H2,1H3. The fourth-order valence-corrected chi connectivity index (χ4v) is 1.41. The van der Waals surface area contributed by atoms with Crippen LogP contribution in [0.15, 0.2) is 6.07 Å². The molecule has 0 saturated carbocycles. The van der Waals surface area contributed by atoms with Crippen LogP contribution in [0.2, 0.25) is 0 Å². The van der Waals surface area contributed by atoms with E-state index in [1.165, 1.54) is 13.2 Å². The fourth-order valence-electron chi connectivity index (χ4n) is 0.964. The van der Waals surface area contributed by atoms with Gasteiger partial charge in [-0.2, -0.15) is 4.39 Å². The predicted molar refractivity (Wildman–Crippen MR) is 48.3 cm³/mol. The number of alkyl halides is 3. The molecule has 0 aromatic carbocycles. The van der Waals surface area contributed by atoms with Gasteiger partial charge in [0.2, 0.25) is 0 Å². The number of ether oxygens (including phenoxy) is 1. The minimum Gasteiger partial charge on any atom is -0.492 e. The summed E-state index contributed by atoms with van der Waals surface area (Å²) >= 11 is 3.01. The van der Waals surface area contributed by atoms with E-state index in [9.17, 15) is 13.2 Å². The summed E-state index contributed by atoms with van der Waals surface area (Å²) in [6.45, 7) is 0. The lowest BCUT2D eigenvalue weighted by molar-refractivity contribution is 0.143. The highest BCUT2D eigenvalue weighted by Gasteiger charge is 2.18. The van der Waals surface area contributed by atoms with Gasteiger partial charge in [0.15, 0.2) is 5.75 Å². The zero-order chi connectivity index (χ0) is 10.7. The first-order chi connectivity index (χ1) is 6.60. The van der Waals surface area contributed by atoms with Gasteiger partial charge in [0.05, 0.1) is 7.11 Å². The summed E-state index contributed by atoms with van der Waals surface area (Å²) in [7, 11) is 1.25. The monoisotopic (exact) mass is 269 g/mol. The number of nitrogens with zero attached hydrogens (tertiary/aromatic N) is 1. The zero-order valence-electron chi connectivity index (χ0n) is 7.23. The van der Waals surface area contributed by atoms with E-state index in [1.807, 2.05) is 0 Å². The minimum atomic E-state index is -2.79. The molecule has 0 aliphatic rings. The molecule has 6 heteroatoms. The van der Waals surface area contributed by atoms with Crippen molar-refractivity contribution in [1.29, 1.82) is 0 Å². The second kappa shape index (κ2) is 4.63. The molecular formula is C8H7BrF3NO. The molecule has 0 unspecified atom stereocenters. The van der Waals surface area contributed by atoms with E-state index in [2.05, 4.69) is 25.7 Å². The Hall–Kier alpha value is -0.780. The lowest BCUT2D eigenvalue weighted by Crippen LogP contribution is -2.02. The van der Waals surface area contributed by atoms with Gasteiger partial charge < -0.3 is 4.74 Å². The molecule has 0 amide bonds. The Balaban J connectivity index is 3.24. The first kappa shape index (κ1) is 11.3. The molecule has 78 valence electrons. The summed E-state index contributed by atoms with van der Waals surface area (Å²) in [5.41, 5.74) is -0.335. The van der Waals surface area contributed by atoms with Crippen molar-refractivity contribution >= 4 is 15.9 Å². The molecule has 0 atom stereocenters. The van der Waals surface area contributed by atoms with Crippen LogP contribution in [0, 0.1) is 5.95 Å². The Bertz CT molecular complexity index is 333. The van der Waals surface area contributed by atoms with Gasteiger partial charge in [0.1, 0.15) is 5.69 Å². The molecule has 14 heavy (non-hydrogen) atoms. The lowest BCUT2D eigenvalue weighted by atomic mass is 10.2. The van der Waals surface area contributed by atoms with Crippen LogP contribution in [0.5, 0.6) is 5.75 Å². The van der Waals surface area contributed by atoms with Crippen molar-refractivity contribution in [3.63, 3.8) is 0 Å². The van der Waals surface area contributed by atoms with Crippen molar-refractivity contribution in [2.75, 3.05) is 7.11 Å². The number of pyridine rings is 1. The molecule has 1 aromatic heterocycles. The van der Waals surface area contributed by atoms with Crippen molar-refractivity contribution in [1.82, 2.24) is 4.98 Å². The van der Waals surface area contributed by atoms with Gasteiger partial charge in [-0.25, -0.2) is 13.8 Å². The quantitative estimate of drug-likeness (QED) is 0.622. The van der Waals surface area contributed by atoms with Crippen molar-refractivity contribution in [3.8, 4) is 5.75 Å². The first-order valence-electron chi connectivity index (χ1n) is 3.67. The number of hydrogen-bond acceptors (Lipinski definition) is 2. The van der Waals surface area contributed by atoms with E-state index in [0.717, 1.165) is 0 Å². The van der Waals surface area contributed by atoms with Gasteiger partial charge in [0.25, 0.3) is 12.4 Å². The Kier molecular flexibility index (Phi) is 3.74. The molecule has 0 fully saturated rings. The van der Waals surface area contributed by atoms with Gasteiger partial charge in [-0.15, -0.1) is 0 Å². The first-order valence-corrected chi connectivity index (χ1v) is 4.79. The molecule has 0 aliphatic heterocycles. The van der Waals surface area contributed by atoms with Gasteiger partial charge in [-0.1, -0.05) is 15.9 Å². The second-order valence-electron chi connectivity index (χ2n) is 2.46. The minimum absolute atomic E-state index is 0.135. The number of halogens is 4. The topological polar surface area (TPSA) is 22.1 Å². The average molecular weight is 270 g/mol. The largest absolute Gasteiger partial charge is 0.492 e. The highest BCUT2D eigenvalue weighted by atomic mass is 79.9. The molecule has 0 bridgehead atoms. The maximum Gasteiger partial charge on any atom is 0.280 e. The normalized spacial score (nSPS) is 10.7. The van der Waals surface area contributed by atoms with E-state index >= 15 is 0 Å². The molecule has 0 aliphatic carbocycles. The third-order valence-corrected chi connectivity index (χ3v) is 2.23. The summed E-state index contributed by atoms with van der Waals surface area (Å²) < 4.78 is 42.2. The van der Waals surface area contributed by atoms with Crippen LogP contribution in [0.25, 0.3) is 0 Å². The van der Waals surface area contributed by atoms with Crippen LogP contribution in [-0.4, -0.2) is 12.1 Å². The fraction of sp³-hybridized carbons (Fsp3) is 0.375. The lowest BCUT2D eigenvalue weighted by Gasteiger charge is -2.08. The van der Waals surface area contributed by atoms with E-state index in [-0.39, 0.29) is 16.6 Å². The van der Waals surface area contributed by atoms with Crippen LogP contribution < -0.4 is 4.74 Å². The van der Waals surface area contributed by atoms with Crippen LogP contribution >= 0.6 is 15.9 Å². The number of aromatic nitrogens is 1. The summed E-state index contributed by atoms with van der Waals surface area (Å²) in [4.78, 5) is 3.14. The van der Waals surface area contributed by atoms with Crippen molar-refractivity contribution in [3.05, 3.63) is 23.3 Å². The maximum atomic E-state index is 12.9. The molecule has 0 radical (unpaired) electrons. The summed E-state index contributed by atoms with van der Waals surface area (Å²) in [5.74, 6) is -1.16. The summed E-state index contributed by atoms with van der Waals surface area (Å²) in [5, 5.41) is 0.177. The molecule has 0 spiro atoms. The third-order valence-electron chi connectivity index (χ3n) is 1.63. The summed E-state index contributed by atoms with van der Waals surface area (Å²) in [6.07, 6.45) is -2.79. The molecule has 1 aromatic rings. The van der Waals surface area contributed by atoms with Gasteiger partial charge in [0, 0.05) is 5.33 Å². The predicted octanol–water partition coefficient (Wildman–Crippen LogP) is 3.06. The van der Waals surface area contributed by atoms with E-state index < -0.39 is 18.1 Å². The van der Waals surface area contributed by atoms with E-state index in [1.54, 1.807) is 0 Å². The summed E-state index contributed by atoms with van der Waals surface area (Å²) in [6, 6.07) is 1.21. The Labute approximate surface area is 87.2 Å². The molecule has 1 heterocycles.